The number of carbonyl (C=O) groups excluding carboxylic acids is 1. The van der Waals surface area contributed by atoms with Gasteiger partial charge in [0.2, 0.25) is 15.9 Å². The first kappa shape index (κ1) is 23.8. The van der Waals surface area contributed by atoms with Gasteiger partial charge in [-0.15, -0.1) is 0 Å². The fourth-order valence-corrected chi connectivity index (χ4v) is 5.40. The highest BCUT2D eigenvalue weighted by Gasteiger charge is 2.34. The summed E-state index contributed by atoms with van der Waals surface area (Å²) in [6, 6.07) is 8.29. The molecule has 0 atom stereocenters. The van der Waals surface area contributed by atoms with Crippen molar-refractivity contribution < 1.29 is 27.6 Å². The van der Waals surface area contributed by atoms with Crippen LogP contribution in [0, 0.1) is 16.0 Å². The fourth-order valence-electron chi connectivity index (χ4n) is 3.44. The summed E-state index contributed by atoms with van der Waals surface area (Å²) in [4.78, 5) is 22.7. The van der Waals surface area contributed by atoms with Gasteiger partial charge in [-0.3, -0.25) is 14.9 Å². The van der Waals surface area contributed by atoms with Crippen molar-refractivity contribution in [2.45, 2.75) is 17.7 Å². The number of halogens is 1. The second-order valence-corrected chi connectivity index (χ2v) is 9.42. The van der Waals surface area contributed by atoms with Crippen molar-refractivity contribution >= 4 is 38.9 Å². The first-order valence-electron chi connectivity index (χ1n) is 9.64. The molecule has 1 aliphatic rings. The number of nitro benzene ring substituents is 1. The van der Waals surface area contributed by atoms with Crippen LogP contribution in [0.5, 0.6) is 11.5 Å². The van der Waals surface area contributed by atoms with Crippen LogP contribution in [0.3, 0.4) is 0 Å². The van der Waals surface area contributed by atoms with Crippen LogP contribution >= 0.6 is 11.6 Å². The Balaban J connectivity index is 1.69. The molecule has 1 fully saturated rings. The Labute approximate surface area is 190 Å². The highest BCUT2D eigenvalue weighted by molar-refractivity contribution is 7.89. The van der Waals surface area contributed by atoms with Gasteiger partial charge in [0.15, 0.2) is 0 Å². The number of carbonyl (C=O) groups is 1. The molecular weight excluding hydrogens is 462 g/mol. The number of amides is 1. The van der Waals surface area contributed by atoms with Crippen LogP contribution in [0.1, 0.15) is 12.8 Å². The zero-order chi connectivity index (χ0) is 23.5. The third-order valence-electron chi connectivity index (χ3n) is 5.23. The number of nitrogens with zero attached hydrogens (tertiary/aromatic N) is 2. The highest BCUT2D eigenvalue weighted by atomic mass is 35.5. The van der Waals surface area contributed by atoms with E-state index in [-0.39, 0.29) is 47.4 Å². The van der Waals surface area contributed by atoms with E-state index in [1.807, 2.05) is 0 Å². The minimum Gasteiger partial charge on any atom is -0.497 e. The largest absolute Gasteiger partial charge is 0.497 e. The Bertz CT molecular complexity index is 1130. The zero-order valence-corrected chi connectivity index (χ0v) is 19.0. The maximum Gasteiger partial charge on any atom is 0.270 e. The molecule has 0 bridgehead atoms. The topological polar surface area (TPSA) is 128 Å². The van der Waals surface area contributed by atoms with E-state index in [1.54, 1.807) is 18.2 Å². The van der Waals surface area contributed by atoms with Crippen LogP contribution in [0.15, 0.2) is 41.3 Å². The molecule has 1 aliphatic heterocycles. The zero-order valence-electron chi connectivity index (χ0n) is 17.4. The van der Waals surface area contributed by atoms with E-state index >= 15 is 0 Å². The van der Waals surface area contributed by atoms with Crippen molar-refractivity contribution in [3.05, 3.63) is 51.5 Å². The van der Waals surface area contributed by atoms with Crippen LogP contribution in [0.4, 0.5) is 11.4 Å². The average Bonchev–Trinajstić information content (AvgIpc) is 2.79. The predicted molar refractivity (Wildman–Crippen MR) is 118 cm³/mol. The van der Waals surface area contributed by atoms with E-state index in [2.05, 4.69) is 5.32 Å². The number of hydrogen-bond acceptors (Lipinski definition) is 7. The monoisotopic (exact) mass is 483 g/mol. The van der Waals surface area contributed by atoms with Gasteiger partial charge in [0.25, 0.3) is 5.69 Å². The Morgan fingerprint density at radius 2 is 1.84 bits per heavy atom. The lowest BCUT2D eigenvalue weighted by molar-refractivity contribution is -0.385. The van der Waals surface area contributed by atoms with Gasteiger partial charge in [-0.25, -0.2) is 8.42 Å². The molecule has 10 nitrogen and oxygen atoms in total. The Morgan fingerprint density at radius 1 is 1.16 bits per heavy atom. The van der Waals surface area contributed by atoms with Gasteiger partial charge in [0, 0.05) is 37.2 Å². The first-order valence-corrected chi connectivity index (χ1v) is 11.5. The summed E-state index contributed by atoms with van der Waals surface area (Å²) < 4.78 is 37.6. The van der Waals surface area contributed by atoms with Crippen LogP contribution in [0.2, 0.25) is 5.02 Å². The van der Waals surface area contributed by atoms with Gasteiger partial charge in [-0.1, -0.05) is 11.6 Å². The number of sulfonamides is 1. The molecule has 0 spiro atoms. The molecule has 172 valence electrons. The molecule has 0 aliphatic carbocycles. The highest BCUT2D eigenvalue weighted by Crippen LogP contribution is 2.33. The smallest absolute Gasteiger partial charge is 0.270 e. The molecule has 3 rings (SSSR count). The minimum atomic E-state index is -4.04. The molecule has 2 aromatic carbocycles. The molecular formula is C20H22ClN3O7S. The van der Waals surface area contributed by atoms with E-state index in [4.69, 9.17) is 21.1 Å². The van der Waals surface area contributed by atoms with E-state index in [1.165, 1.54) is 24.6 Å². The van der Waals surface area contributed by atoms with Gasteiger partial charge < -0.3 is 14.8 Å². The third kappa shape index (κ3) is 4.95. The fraction of sp³-hybridized carbons (Fsp3) is 0.350. The summed E-state index contributed by atoms with van der Waals surface area (Å²) in [7, 11) is -1.04. The van der Waals surface area contributed by atoms with Crippen LogP contribution in [-0.2, 0) is 14.8 Å². The lowest BCUT2D eigenvalue weighted by Crippen LogP contribution is -2.41. The predicted octanol–water partition coefficient (Wildman–Crippen LogP) is 3.30. The minimum absolute atomic E-state index is 0.0825. The quantitative estimate of drug-likeness (QED) is 0.472. The van der Waals surface area contributed by atoms with Crippen LogP contribution in [0.25, 0.3) is 0 Å². The number of hydrogen-bond donors (Lipinski definition) is 1. The molecule has 1 N–H and O–H groups in total. The number of benzene rings is 2. The van der Waals surface area contributed by atoms with E-state index < -0.39 is 20.9 Å². The Hall–Kier alpha value is -2.89. The summed E-state index contributed by atoms with van der Waals surface area (Å²) in [5.41, 5.74) is 0.118. The third-order valence-corrected chi connectivity index (χ3v) is 7.61. The second kappa shape index (κ2) is 9.72. The molecule has 1 saturated heterocycles. The summed E-state index contributed by atoms with van der Waals surface area (Å²) in [6.07, 6.45) is 0.576. The molecule has 0 saturated carbocycles. The first-order chi connectivity index (χ1) is 15.2. The SMILES string of the molecule is COc1ccc(NC(=O)C2CCN(S(=O)(=O)c3cc([N+](=O)[O-])ccc3Cl)CC2)c(OC)c1. The van der Waals surface area contributed by atoms with E-state index in [9.17, 15) is 23.3 Å². The molecule has 1 heterocycles. The summed E-state index contributed by atoms with van der Waals surface area (Å²) in [6.45, 7) is 0.165. The molecule has 1 amide bonds. The van der Waals surface area contributed by atoms with Gasteiger partial charge in [-0.05, 0) is 31.0 Å². The number of rotatable bonds is 7. The van der Waals surface area contributed by atoms with Gasteiger partial charge in [0.05, 0.1) is 29.9 Å². The van der Waals surface area contributed by atoms with Crippen molar-refractivity contribution in [1.29, 1.82) is 0 Å². The molecule has 32 heavy (non-hydrogen) atoms. The number of nitrogens with one attached hydrogen (secondary N) is 1. The van der Waals surface area contributed by atoms with Gasteiger partial charge >= 0.3 is 0 Å². The number of piperidine rings is 1. The van der Waals surface area contributed by atoms with E-state index in [0.717, 1.165) is 12.1 Å². The lowest BCUT2D eigenvalue weighted by atomic mass is 9.97. The summed E-state index contributed by atoms with van der Waals surface area (Å²) in [5, 5.41) is 13.7. The molecule has 0 aromatic heterocycles. The number of non-ortho nitro benzene ring substituents is 1. The average molecular weight is 484 g/mol. The molecule has 0 unspecified atom stereocenters. The van der Waals surface area contributed by atoms with Crippen molar-refractivity contribution in [3.8, 4) is 11.5 Å². The van der Waals surface area contributed by atoms with Crippen molar-refractivity contribution in [2.75, 3.05) is 32.6 Å². The number of ether oxygens (including phenoxy) is 2. The Morgan fingerprint density at radius 3 is 2.44 bits per heavy atom. The molecule has 12 heteroatoms. The van der Waals surface area contributed by atoms with Crippen molar-refractivity contribution in [3.63, 3.8) is 0 Å². The summed E-state index contributed by atoms with van der Waals surface area (Å²) >= 11 is 6.01. The van der Waals surface area contributed by atoms with Crippen molar-refractivity contribution in [2.24, 2.45) is 5.92 Å². The van der Waals surface area contributed by atoms with E-state index in [0.29, 0.717) is 17.2 Å². The number of methoxy groups -OCH3 is 2. The van der Waals surface area contributed by atoms with Gasteiger partial charge in [-0.2, -0.15) is 4.31 Å². The Kier molecular flexibility index (Phi) is 7.22. The normalized spacial score (nSPS) is 15.2. The molecule has 0 radical (unpaired) electrons. The maximum absolute atomic E-state index is 13.0. The van der Waals surface area contributed by atoms with Crippen molar-refractivity contribution in [1.82, 2.24) is 4.31 Å². The van der Waals surface area contributed by atoms with Crippen LogP contribution in [-0.4, -0.2) is 50.9 Å². The number of nitro groups is 1. The second-order valence-electron chi connectivity index (χ2n) is 7.11. The number of anilines is 1. The standard InChI is InChI=1S/C20H22ClN3O7S/c1-30-15-4-6-17(18(12-15)31-2)22-20(25)13-7-9-23(10-8-13)32(28,29)19-11-14(24(26)27)3-5-16(19)21/h3-6,11-13H,7-10H2,1-2H3,(H,22,25). The molecule has 2 aromatic rings. The summed E-state index contributed by atoms with van der Waals surface area (Å²) in [5.74, 6) is 0.365. The maximum atomic E-state index is 13.0. The van der Waals surface area contributed by atoms with Crippen LogP contribution < -0.4 is 14.8 Å². The lowest BCUT2D eigenvalue weighted by Gasteiger charge is -2.30. The van der Waals surface area contributed by atoms with Gasteiger partial charge in [0.1, 0.15) is 16.4 Å².